The zero-order chi connectivity index (χ0) is 25.0. The molecule has 0 fully saturated rings. The first-order valence-electron chi connectivity index (χ1n) is 11.0. The molecule has 180 valence electrons. The molecule has 1 aromatic heterocycles. The summed E-state index contributed by atoms with van der Waals surface area (Å²) in [5, 5.41) is 3.21. The third-order valence-electron chi connectivity index (χ3n) is 5.40. The van der Waals surface area contributed by atoms with Gasteiger partial charge in [-0.25, -0.2) is 13.2 Å². The number of rotatable bonds is 8. The molecule has 8 nitrogen and oxygen atoms in total. The van der Waals surface area contributed by atoms with Crippen LogP contribution in [0.25, 0.3) is 11.0 Å². The van der Waals surface area contributed by atoms with Gasteiger partial charge in [-0.1, -0.05) is 50.2 Å². The van der Waals surface area contributed by atoms with Crippen LogP contribution in [0.15, 0.2) is 93.0 Å². The minimum absolute atomic E-state index is 0.0116. The highest BCUT2D eigenvalue weighted by Gasteiger charge is 2.24. The third-order valence-corrected chi connectivity index (χ3v) is 7.45. The van der Waals surface area contributed by atoms with E-state index in [1.54, 1.807) is 62.4 Å². The number of ether oxygens (including phenoxy) is 1. The Kier molecular flexibility index (Phi) is 6.99. The molecular formula is C26H24N2O6S. The van der Waals surface area contributed by atoms with E-state index in [4.69, 9.17) is 9.15 Å². The summed E-state index contributed by atoms with van der Waals surface area (Å²) in [6.07, 6.45) is 0. The standard InChI is InChI=1S/C26H24N2O6S/c1-3-28(4-2)35(31,32)20-14-15-24(33-19-11-6-5-7-12-19)22(17-20)27-25(29)21-16-18-10-8-9-13-23(18)34-26(21)30/h5-17H,3-4H2,1-2H3,(H,27,29). The van der Waals surface area contributed by atoms with Crippen molar-refractivity contribution in [3.63, 3.8) is 0 Å². The summed E-state index contributed by atoms with van der Waals surface area (Å²) in [5.74, 6) is -0.0411. The van der Waals surface area contributed by atoms with Gasteiger partial charge in [0.15, 0.2) is 5.75 Å². The monoisotopic (exact) mass is 492 g/mol. The molecule has 0 unspecified atom stereocenters. The van der Waals surface area contributed by atoms with Crippen molar-refractivity contribution in [2.45, 2.75) is 18.7 Å². The van der Waals surface area contributed by atoms with E-state index >= 15 is 0 Å². The molecule has 1 amide bonds. The second kappa shape index (κ2) is 10.1. The number of carbonyl (C=O) groups excluding carboxylic acids is 1. The molecule has 4 aromatic rings. The van der Waals surface area contributed by atoms with Crippen LogP contribution in [0, 0.1) is 0 Å². The van der Waals surface area contributed by atoms with E-state index < -0.39 is 21.6 Å². The topological polar surface area (TPSA) is 106 Å². The maximum atomic E-state index is 13.1. The zero-order valence-corrected chi connectivity index (χ0v) is 20.0. The first-order valence-corrected chi connectivity index (χ1v) is 12.5. The summed E-state index contributed by atoms with van der Waals surface area (Å²) < 4.78 is 38.6. The van der Waals surface area contributed by atoms with Crippen LogP contribution in [-0.4, -0.2) is 31.7 Å². The smallest absolute Gasteiger partial charge is 0.349 e. The number of benzene rings is 3. The molecule has 3 aromatic carbocycles. The molecule has 4 rings (SSSR count). The maximum Gasteiger partial charge on any atom is 0.349 e. The van der Waals surface area contributed by atoms with Gasteiger partial charge in [0, 0.05) is 18.5 Å². The van der Waals surface area contributed by atoms with E-state index in [0.717, 1.165) is 0 Å². The van der Waals surface area contributed by atoms with Gasteiger partial charge in [0.05, 0.1) is 10.6 Å². The van der Waals surface area contributed by atoms with Crippen LogP contribution in [0.1, 0.15) is 24.2 Å². The molecule has 0 aliphatic heterocycles. The molecule has 35 heavy (non-hydrogen) atoms. The lowest BCUT2D eigenvalue weighted by molar-refractivity contribution is 0.102. The number of para-hydroxylation sites is 2. The van der Waals surface area contributed by atoms with Crippen molar-refractivity contribution in [3.8, 4) is 11.5 Å². The molecule has 9 heteroatoms. The van der Waals surface area contributed by atoms with Crippen LogP contribution < -0.4 is 15.7 Å². The maximum absolute atomic E-state index is 13.1. The summed E-state index contributed by atoms with van der Waals surface area (Å²) in [4.78, 5) is 25.6. The van der Waals surface area contributed by atoms with Crippen LogP contribution in [0.3, 0.4) is 0 Å². The van der Waals surface area contributed by atoms with E-state index in [1.807, 2.05) is 6.07 Å². The van der Waals surface area contributed by atoms with Crippen molar-refractivity contribution < 1.29 is 22.4 Å². The van der Waals surface area contributed by atoms with Crippen LogP contribution in [-0.2, 0) is 10.0 Å². The van der Waals surface area contributed by atoms with E-state index in [2.05, 4.69) is 5.32 Å². The lowest BCUT2D eigenvalue weighted by Gasteiger charge is -2.20. The summed E-state index contributed by atoms with van der Waals surface area (Å²) in [5.41, 5.74) is -0.570. The minimum atomic E-state index is -3.80. The Morgan fingerprint density at radius 3 is 2.34 bits per heavy atom. The lowest BCUT2D eigenvalue weighted by Crippen LogP contribution is -2.30. The van der Waals surface area contributed by atoms with Crippen LogP contribution in [0.5, 0.6) is 11.5 Å². The lowest BCUT2D eigenvalue weighted by atomic mass is 10.1. The summed E-state index contributed by atoms with van der Waals surface area (Å²) in [6, 6.07) is 21.3. The highest BCUT2D eigenvalue weighted by molar-refractivity contribution is 7.89. The molecule has 0 saturated heterocycles. The molecule has 0 atom stereocenters. The van der Waals surface area contributed by atoms with E-state index in [9.17, 15) is 18.0 Å². The van der Waals surface area contributed by atoms with Gasteiger partial charge in [0.25, 0.3) is 5.91 Å². The number of amides is 1. The Morgan fingerprint density at radius 1 is 0.943 bits per heavy atom. The predicted molar refractivity (Wildman–Crippen MR) is 134 cm³/mol. The molecule has 0 bridgehead atoms. The van der Waals surface area contributed by atoms with E-state index in [1.165, 1.54) is 28.6 Å². The van der Waals surface area contributed by atoms with Crippen molar-refractivity contribution >= 4 is 32.6 Å². The molecule has 0 radical (unpaired) electrons. The normalized spacial score (nSPS) is 11.5. The Bertz CT molecular complexity index is 1530. The van der Waals surface area contributed by atoms with Crippen molar-refractivity contribution in [1.82, 2.24) is 4.31 Å². The van der Waals surface area contributed by atoms with Crippen LogP contribution in [0.2, 0.25) is 0 Å². The number of nitrogens with zero attached hydrogens (tertiary/aromatic N) is 1. The molecule has 0 saturated carbocycles. The highest BCUT2D eigenvalue weighted by Crippen LogP contribution is 2.33. The molecule has 0 aliphatic rings. The first kappa shape index (κ1) is 24.2. The van der Waals surface area contributed by atoms with Gasteiger partial charge in [0.1, 0.15) is 16.9 Å². The van der Waals surface area contributed by atoms with E-state index in [0.29, 0.717) is 29.8 Å². The Labute approximate surface area is 202 Å². The fourth-order valence-corrected chi connectivity index (χ4v) is 5.08. The minimum Gasteiger partial charge on any atom is -0.455 e. The highest BCUT2D eigenvalue weighted by atomic mass is 32.2. The van der Waals surface area contributed by atoms with Crippen LogP contribution >= 0.6 is 0 Å². The second-order valence-electron chi connectivity index (χ2n) is 7.60. The van der Waals surface area contributed by atoms with Gasteiger partial charge in [-0.2, -0.15) is 4.31 Å². The summed E-state index contributed by atoms with van der Waals surface area (Å²) >= 11 is 0. The summed E-state index contributed by atoms with van der Waals surface area (Å²) in [6.45, 7) is 4.08. The number of carbonyl (C=O) groups is 1. The van der Waals surface area contributed by atoms with Gasteiger partial charge in [-0.05, 0) is 42.5 Å². The second-order valence-corrected chi connectivity index (χ2v) is 9.54. The SMILES string of the molecule is CCN(CC)S(=O)(=O)c1ccc(Oc2ccccc2)c(NC(=O)c2cc3ccccc3oc2=O)c1. The average Bonchev–Trinajstić information content (AvgIpc) is 2.85. The van der Waals surface area contributed by atoms with Crippen molar-refractivity contribution in [2.75, 3.05) is 18.4 Å². The van der Waals surface area contributed by atoms with Gasteiger partial charge >= 0.3 is 5.63 Å². The van der Waals surface area contributed by atoms with E-state index in [-0.39, 0.29) is 21.9 Å². The molecule has 0 spiro atoms. The first-order chi connectivity index (χ1) is 16.8. The Morgan fingerprint density at radius 2 is 1.63 bits per heavy atom. The number of nitrogens with one attached hydrogen (secondary N) is 1. The fourth-order valence-electron chi connectivity index (χ4n) is 3.59. The average molecular weight is 493 g/mol. The molecule has 0 aliphatic carbocycles. The van der Waals surface area contributed by atoms with Gasteiger partial charge in [-0.3, -0.25) is 4.79 Å². The Hall–Kier alpha value is -3.95. The largest absolute Gasteiger partial charge is 0.455 e. The van der Waals surface area contributed by atoms with Gasteiger partial charge in [-0.15, -0.1) is 0 Å². The van der Waals surface area contributed by atoms with Crippen molar-refractivity contribution in [3.05, 3.63) is 94.8 Å². The van der Waals surface area contributed by atoms with Crippen molar-refractivity contribution in [2.24, 2.45) is 0 Å². The molecule has 1 N–H and O–H groups in total. The fraction of sp³-hybridized carbons (Fsp3) is 0.154. The molecule has 1 heterocycles. The predicted octanol–water partition coefficient (Wildman–Crippen LogP) is 4.87. The third kappa shape index (κ3) is 5.11. The van der Waals surface area contributed by atoms with Gasteiger partial charge < -0.3 is 14.5 Å². The van der Waals surface area contributed by atoms with Crippen LogP contribution in [0.4, 0.5) is 5.69 Å². The summed E-state index contributed by atoms with van der Waals surface area (Å²) in [7, 11) is -3.80. The quantitative estimate of drug-likeness (QED) is 0.352. The number of sulfonamides is 1. The number of anilines is 1. The zero-order valence-electron chi connectivity index (χ0n) is 19.2. The number of hydrogen-bond donors (Lipinski definition) is 1. The van der Waals surface area contributed by atoms with Crippen molar-refractivity contribution in [1.29, 1.82) is 0 Å². The molecular weight excluding hydrogens is 468 g/mol. The number of fused-ring (bicyclic) bond motifs is 1. The Balaban J connectivity index is 1.76. The van der Waals surface area contributed by atoms with Gasteiger partial charge in [0.2, 0.25) is 10.0 Å². The number of hydrogen-bond acceptors (Lipinski definition) is 6.